The molecule has 3 rings (SSSR count). The zero-order valence-corrected chi connectivity index (χ0v) is 18.6. The average Bonchev–Trinajstić information content (AvgIpc) is 3.01. The van der Waals surface area contributed by atoms with Gasteiger partial charge in [-0.15, -0.1) is 0 Å². The van der Waals surface area contributed by atoms with Crippen LogP contribution in [0.4, 0.5) is 5.13 Å². The molecule has 0 radical (unpaired) electrons. The number of ketones is 1. The zero-order chi connectivity index (χ0) is 21.3. The minimum absolute atomic E-state index is 0.101. The predicted octanol–water partition coefficient (Wildman–Crippen LogP) is 3.57. The van der Waals surface area contributed by atoms with Gasteiger partial charge < -0.3 is 0 Å². The highest BCUT2D eigenvalue weighted by Gasteiger charge is 2.31. The molecular formula is C20H25N3O4S2. The molecule has 1 saturated heterocycles. The summed E-state index contributed by atoms with van der Waals surface area (Å²) in [5.41, 5.74) is 0.894. The van der Waals surface area contributed by atoms with Gasteiger partial charge in [0.2, 0.25) is 10.0 Å². The maximum absolute atomic E-state index is 12.9. The Morgan fingerprint density at radius 1 is 1.14 bits per heavy atom. The fourth-order valence-electron chi connectivity index (χ4n) is 3.68. The van der Waals surface area contributed by atoms with Crippen LogP contribution in [0.25, 0.3) is 0 Å². The van der Waals surface area contributed by atoms with Crippen LogP contribution in [-0.2, 0) is 10.0 Å². The molecule has 2 atom stereocenters. The van der Waals surface area contributed by atoms with E-state index in [1.807, 2.05) is 0 Å². The molecule has 7 nitrogen and oxygen atoms in total. The molecule has 1 aliphatic rings. The third kappa shape index (κ3) is 4.73. The van der Waals surface area contributed by atoms with Crippen LogP contribution in [-0.4, -0.2) is 42.5 Å². The van der Waals surface area contributed by atoms with Gasteiger partial charge in [-0.3, -0.25) is 14.9 Å². The second-order valence-electron chi connectivity index (χ2n) is 7.74. The van der Waals surface area contributed by atoms with Crippen LogP contribution in [0.1, 0.15) is 52.9 Å². The van der Waals surface area contributed by atoms with Crippen molar-refractivity contribution in [2.75, 3.05) is 18.4 Å². The molecule has 29 heavy (non-hydrogen) atoms. The van der Waals surface area contributed by atoms with E-state index in [0.717, 1.165) is 17.8 Å². The second kappa shape index (κ2) is 8.33. The summed E-state index contributed by atoms with van der Waals surface area (Å²) >= 11 is 1.12. The molecule has 1 aromatic carbocycles. The van der Waals surface area contributed by atoms with Gasteiger partial charge in [0.1, 0.15) is 0 Å². The zero-order valence-electron chi connectivity index (χ0n) is 16.9. The number of aryl methyl sites for hydroxylation is 1. The Balaban J connectivity index is 1.74. The fraction of sp³-hybridized carbons (Fsp3) is 0.450. The number of aromatic nitrogens is 1. The van der Waals surface area contributed by atoms with Crippen molar-refractivity contribution in [3.63, 3.8) is 0 Å². The lowest BCUT2D eigenvalue weighted by molar-refractivity contribution is 0.101. The van der Waals surface area contributed by atoms with E-state index >= 15 is 0 Å². The van der Waals surface area contributed by atoms with Gasteiger partial charge in [-0.1, -0.05) is 25.2 Å². The first-order chi connectivity index (χ1) is 13.6. The molecule has 0 unspecified atom stereocenters. The number of rotatable bonds is 5. The number of nitrogens with zero attached hydrogens (tertiary/aromatic N) is 2. The number of amides is 1. The van der Waals surface area contributed by atoms with Crippen molar-refractivity contribution in [2.45, 2.75) is 39.0 Å². The van der Waals surface area contributed by atoms with Gasteiger partial charge in [-0.2, -0.15) is 4.31 Å². The Labute approximate surface area is 175 Å². The van der Waals surface area contributed by atoms with E-state index in [0.29, 0.717) is 46.2 Å². The van der Waals surface area contributed by atoms with Crippen molar-refractivity contribution in [2.24, 2.45) is 11.8 Å². The smallest absolute Gasteiger partial charge is 0.257 e. The number of hydrogen-bond acceptors (Lipinski definition) is 6. The monoisotopic (exact) mass is 435 g/mol. The van der Waals surface area contributed by atoms with Crippen molar-refractivity contribution in [1.82, 2.24) is 9.29 Å². The molecule has 2 aromatic rings. The highest BCUT2D eigenvalue weighted by molar-refractivity contribution is 7.89. The minimum Gasteiger partial charge on any atom is -0.298 e. The van der Waals surface area contributed by atoms with Crippen LogP contribution in [0.15, 0.2) is 29.2 Å². The second-order valence-corrected chi connectivity index (χ2v) is 10.7. The molecule has 1 fully saturated rings. The Hall–Kier alpha value is -2.10. The predicted molar refractivity (Wildman–Crippen MR) is 113 cm³/mol. The summed E-state index contributed by atoms with van der Waals surface area (Å²) < 4.78 is 27.4. The van der Waals surface area contributed by atoms with Crippen molar-refractivity contribution < 1.29 is 18.0 Å². The highest BCUT2D eigenvalue weighted by atomic mass is 32.2. The molecule has 1 aromatic heterocycles. The van der Waals surface area contributed by atoms with Crippen LogP contribution < -0.4 is 5.32 Å². The highest BCUT2D eigenvalue weighted by Crippen LogP contribution is 2.27. The van der Waals surface area contributed by atoms with E-state index in [4.69, 9.17) is 0 Å². The molecule has 0 saturated carbocycles. The van der Waals surface area contributed by atoms with Crippen LogP contribution in [0, 0.1) is 18.8 Å². The Morgan fingerprint density at radius 2 is 1.72 bits per heavy atom. The van der Waals surface area contributed by atoms with Gasteiger partial charge in [-0.05, 0) is 49.4 Å². The van der Waals surface area contributed by atoms with Crippen LogP contribution in [0.5, 0.6) is 0 Å². The van der Waals surface area contributed by atoms with E-state index in [1.165, 1.54) is 35.5 Å². The molecule has 0 spiro atoms. The van der Waals surface area contributed by atoms with Crippen LogP contribution in [0.2, 0.25) is 0 Å². The van der Waals surface area contributed by atoms with Crippen molar-refractivity contribution >= 4 is 38.2 Å². The van der Waals surface area contributed by atoms with Crippen LogP contribution in [0.3, 0.4) is 0 Å². The van der Waals surface area contributed by atoms with Gasteiger partial charge in [0, 0.05) is 25.6 Å². The number of benzene rings is 1. The van der Waals surface area contributed by atoms with Crippen LogP contribution >= 0.6 is 11.3 Å². The lowest BCUT2D eigenvalue weighted by Gasteiger charge is -2.34. The Kier molecular flexibility index (Phi) is 6.21. The number of anilines is 1. The molecule has 1 aliphatic heterocycles. The number of carbonyl (C=O) groups excluding carboxylic acids is 2. The van der Waals surface area contributed by atoms with E-state index in [2.05, 4.69) is 24.1 Å². The van der Waals surface area contributed by atoms with Crippen molar-refractivity contribution in [3.05, 3.63) is 40.4 Å². The van der Waals surface area contributed by atoms with E-state index in [9.17, 15) is 18.0 Å². The molecule has 9 heteroatoms. The van der Waals surface area contributed by atoms with Gasteiger partial charge in [-0.25, -0.2) is 13.4 Å². The maximum Gasteiger partial charge on any atom is 0.257 e. The standard InChI is InChI=1S/C20H25N3O4S2/c1-12-9-13(2)11-23(10-12)29(26,27)17-7-5-16(6-8-17)19(25)22-20-21-14(3)18(28-20)15(4)24/h5-8,12-13H,9-11H2,1-4H3,(H,21,22,25)/t12-,13+. The topological polar surface area (TPSA) is 96.4 Å². The number of hydrogen-bond donors (Lipinski definition) is 1. The summed E-state index contributed by atoms with van der Waals surface area (Å²) in [4.78, 5) is 28.9. The quantitative estimate of drug-likeness (QED) is 0.724. The average molecular weight is 436 g/mol. The number of Topliss-reactive ketones (excluding diaryl/α,β-unsaturated/α-hetero) is 1. The first-order valence-electron chi connectivity index (χ1n) is 9.48. The third-order valence-corrected chi connectivity index (χ3v) is 7.95. The largest absolute Gasteiger partial charge is 0.298 e. The summed E-state index contributed by atoms with van der Waals surface area (Å²) in [5, 5.41) is 3.00. The molecule has 0 aliphatic carbocycles. The minimum atomic E-state index is -3.59. The number of piperidine rings is 1. The molecule has 0 bridgehead atoms. The summed E-state index contributed by atoms with van der Waals surface area (Å²) in [6.07, 6.45) is 1.02. The van der Waals surface area contributed by atoms with Gasteiger partial charge in [0.05, 0.1) is 15.5 Å². The van der Waals surface area contributed by atoms with Gasteiger partial charge >= 0.3 is 0 Å². The molecule has 156 valence electrons. The molecule has 1 N–H and O–H groups in total. The number of thiazole rings is 1. The first-order valence-corrected chi connectivity index (χ1v) is 11.7. The van der Waals surface area contributed by atoms with Gasteiger partial charge in [0.15, 0.2) is 10.9 Å². The number of nitrogens with one attached hydrogen (secondary N) is 1. The fourth-order valence-corrected chi connectivity index (χ4v) is 6.21. The lowest BCUT2D eigenvalue weighted by atomic mass is 9.94. The Morgan fingerprint density at radius 3 is 2.24 bits per heavy atom. The molecular weight excluding hydrogens is 410 g/mol. The number of carbonyl (C=O) groups is 2. The summed E-state index contributed by atoms with van der Waals surface area (Å²) in [6.45, 7) is 8.31. The lowest BCUT2D eigenvalue weighted by Crippen LogP contribution is -2.42. The van der Waals surface area contributed by atoms with E-state index in [1.54, 1.807) is 6.92 Å². The van der Waals surface area contributed by atoms with E-state index < -0.39 is 15.9 Å². The third-order valence-electron chi connectivity index (χ3n) is 4.93. The number of sulfonamides is 1. The summed E-state index contributed by atoms with van der Waals surface area (Å²) in [6, 6.07) is 5.90. The van der Waals surface area contributed by atoms with E-state index in [-0.39, 0.29) is 10.7 Å². The normalized spacial score (nSPS) is 20.4. The molecule has 2 heterocycles. The van der Waals surface area contributed by atoms with Crippen molar-refractivity contribution in [3.8, 4) is 0 Å². The maximum atomic E-state index is 12.9. The SMILES string of the molecule is CC(=O)c1sc(NC(=O)c2ccc(S(=O)(=O)N3C[C@H](C)C[C@H](C)C3)cc2)nc1C. The van der Waals surface area contributed by atoms with Crippen molar-refractivity contribution in [1.29, 1.82) is 0 Å². The summed E-state index contributed by atoms with van der Waals surface area (Å²) in [5.74, 6) is 0.134. The summed E-state index contributed by atoms with van der Waals surface area (Å²) in [7, 11) is -3.59. The Bertz CT molecular complexity index is 1020. The van der Waals surface area contributed by atoms with Gasteiger partial charge in [0.25, 0.3) is 5.91 Å². The first kappa shape index (κ1) is 21.6. The molecule has 1 amide bonds.